The fraction of sp³-hybridized carbons (Fsp3) is 0.600. The van der Waals surface area contributed by atoms with Crippen LogP contribution in [0.5, 0.6) is 0 Å². The van der Waals surface area contributed by atoms with Crippen molar-refractivity contribution in [1.29, 1.82) is 0 Å². The van der Waals surface area contributed by atoms with E-state index in [2.05, 4.69) is 25.8 Å². The fourth-order valence-electron chi connectivity index (χ4n) is 2.20. The number of hydrogen-bond acceptors (Lipinski definition) is 3. The summed E-state index contributed by atoms with van der Waals surface area (Å²) in [5.41, 5.74) is 1.36. The van der Waals surface area contributed by atoms with Gasteiger partial charge in [-0.05, 0) is 24.3 Å². The number of carbonyl (C=O) groups is 1. The lowest BCUT2D eigenvalue weighted by atomic mass is 9.90. The van der Waals surface area contributed by atoms with Gasteiger partial charge in [0.2, 0.25) is 0 Å². The van der Waals surface area contributed by atoms with E-state index < -0.39 is 0 Å². The molecule has 1 fully saturated rings. The third-order valence-corrected chi connectivity index (χ3v) is 4.92. The Hall–Kier alpha value is -0.740. The number of rotatable bonds is 2. The molecule has 0 aromatic carbocycles. The minimum Gasteiger partial charge on any atom is -0.338 e. The lowest BCUT2D eigenvalue weighted by molar-refractivity contribution is 0.0747. The molecule has 2 rings (SSSR count). The molecule has 20 heavy (non-hydrogen) atoms. The van der Waals surface area contributed by atoms with Gasteiger partial charge >= 0.3 is 0 Å². The number of amides is 1. The smallest absolute Gasteiger partial charge is 0.254 e. The van der Waals surface area contributed by atoms with Crippen LogP contribution in [-0.2, 0) is 5.41 Å². The molecular formula is C15H21ClN2OS. The van der Waals surface area contributed by atoms with Gasteiger partial charge in [0.15, 0.2) is 0 Å². The van der Waals surface area contributed by atoms with Gasteiger partial charge in [-0.25, -0.2) is 4.98 Å². The van der Waals surface area contributed by atoms with Gasteiger partial charge in [-0.3, -0.25) is 4.79 Å². The Balaban J connectivity index is 2.27. The topological polar surface area (TPSA) is 33.2 Å². The third-order valence-electron chi connectivity index (χ3n) is 3.58. The lowest BCUT2D eigenvalue weighted by Crippen LogP contribution is -2.37. The number of aromatic nitrogens is 1. The first-order chi connectivity index (χ1) is 9.29. The van der Waals surface area contributed by atoms with Crippen molar-refractivity contribution in [3.8, 4) is 0 Å². The Morgan fingerprint density at radius 1 is 1.45 bits per heavy atom. The molecule has 1 unspecified atom stereocenters. The number of halogens is 1. The van der Waals surface area contributed by atoms with Crippen LogP contribution in [0, 0.1) is 0 Å². The first-order valence-corrected chi connectivity index (χ1v) is 8.35. The molecule has 3 nitrogen and oxygen atoms in total. The monoisotopic (exact) mass is 312 g/mol. The van der Waals surface area contributed by atoms with E-state index >= 15 is 0 Å². The van der Waals surface area contributed by atoms with Crippen LogP contribution in [0.25, 0.3) is 0 Å². The van der Waals surface area contributed by atoms with Crippen LogP contribution in [0.15, 0.2) is 12.1 Å². The van der Waals surface area contributed by atoms with Crippen molar-refractivity contribution >= 4 is 29.3 Å². The lowest BCUT2D eigenvalue weighted by Gasteiger charge is -2.25. The Kier molecular flexibility index (Phi) is 4.65. The van der Waals surface area contributed by atoms with E-state index in [0.717, 1.165) is 23.6 Å². The highest BCUT2D eigenvalue weighted by atomic mass is 35.5. The fourth-order valence-corrected chi connectivity index (χ4v) is 3.68. The maximum Gasteiger partial charge on any atom is 0.254 e. The molecule has 5 heteroatoms. The molecule has 0 bridgehead atoms. The summed E-state index contributed by atoms with van der Waals surface area (Å²) in [6.07, 6.45) is 1.07. The summed E-state index contributed by atoms with van der Waals surface area (Å²) in [4.78, 5) is 18.8. The zero-order valence-corrected chi connectivity index (χ0v) is 14.0. The minimum absolute atomic E-state index is 0.0345. The van der Waals surface area contributed by atoms with E-state index in [1.54, 1.807) is 6.07 Å². The van der Waals surface area contributed by atoms with Crippen LogP contribution in [0.1, 0.15) is 43.2 Å². The van der Waals surface area contributed by atoms with Crippen molar-refractivity contribution in [2.75, 3.05) is 18.6 Å². The highest BCUT2D eigenvalue weighted by Crippen LogP contribution is 2.26. The van der Waals surface area contributed by atoms with Crippen molar-refractivity contribution in [2.45, 2.75) is 38.6 Å². The van der Waals surface area contributed by atoms with Crippen molar-refractivity contribution < 1.29 is 4.79 Å². The Bertz CT molecular complexity index is 507. The third kappa shape index (κ3) is 3.47. The molecule has 0 N–H and O–H groups in total. The normalized spacial score (nSPS) is 19.1. The van der Waals surface area contributed by atoms with Gasteiger partial charge in [-0.1, -0.05) is 32.4 Å². The highest BCUT2D eigenvalue weighted by Gasteiger charge is 2.26. The molecule has 1 amide bonds. The molecule has 0 saturated carbocycles. The Labute approximate surface area is 130 Å². The Morgan fingerprint density at radius 3 is 2.70 bits per heavy atom. The van der Waals surface area contributed by atoms with E-state index in [1.165, 1.54) is 0 Å². The number of hydrogen-bond donors (Lipinski definition) is 0. The zero-order chi connectivity index (χ0) is 14.9. The summed E-state index contributed by atoms with van der Waals surface area (Å²) in [5, 5.41) is 0.384. The summed E-state index contributed by atoms with van der Waals surface area (Å²) < 4.78 is 0. The average molecular weight is 313 g/mol. The zero-order valence-electron chi connectivity index (χ0n) is 12.4. The van der Waals surface area contributed by atoms with Crippen LogP contribution in [0.2, 0.25) is 5.15 Å². The van der Waals surface area contributed by atoms with E-state index in [4.69, 9.17) is 11.6 Å². The highest BCUT2D eigenvalue weighted by molar-refractivity contribution is 7.99. The number of pyridine rings is 1. The number of thioether (sulfide) groups is 1. The molecule has 1 aliphatic heterocycles. The molecular weight excluding hydrogens is 292 g/mol. The van der Waals surface area contributed by atoms with Gasteiger partial charge in [0.1, 0.15) is 5.15 Å². The van der Waals surface area contributed by atoms with Crippen LogP contribution in [0.4, 0.5) is 0 Å². The van der Waals surface area contributed by atoms with Gasteiger partial charge in [0.05, 0.1) is 0 Å². The number of carbonyl (C=O) groups excluding carboxylic acids is 1. The van der Waals surface area contributed by atoms with Crippen molar-refractivity contribution in [3.63, 3.8) is 0 Å². The first-order valence-electron chi connectivity index (χ1n) is 6.82. The predicted molar refractivity (Wildman–Crippen MR) is 85.8 cm³/mol. The van der Waals surface area contributed by atoms with E-state index in [0.29, 0.717) is 16.8 Å². The van der Waals surface area contributed by atoms with Gasteiger partial charge in [0.25, 0.3) is 5.91 Å². The molecule has 2 heterocycles. The summed E-state index contributed by atoms with van der Waals surface area (Å²) in [7, 11) is 1.88. The van der Waals surface area contributed by atoms with Gasteiger partial charge in [0, 0.05) is 35.5 Å². The van der Waals surface area contributed by atoms with Crippen LogP contribution >= 0.6 is 23.4 Å². The molecule has 1 aromatic rings. The molecule has 110 valence electrons. The Morgan fingerprint density at radius 2 is 2.15 bits per heavy atom. The molecule has 0 spiro atoms. The van der Waals surface area contributed by atoms with Crippen LogP contribution < -0.4 is 0 Å². The maximum atomic E-state index is 12.6. The van der Waals surface area contributed by atoms with Crippen LogP contribution in [0.3, 0.4) is 0 Å². The maximum absolute atomic E-state index is 12.6. The quantitative estimate of drug-likeness (QED) is 0.782. The van der Waals surface area contributed by atoms with Crippen molar-refractivity contribution in [2.24, 2.45) is 0 Å². The van der Waals surface area contributed by atoms with Crippen molar-refractivity contribution in [3.05, 3.63) is 28.5 Å². The molecule has 1 aliphatic rings. The van der Waals surface area contributed by atoms with Gasteiger partial charge < -0.3 is 4.90 Å². The number of nitrogens with zero attached hydrogens (tertiary/aromatic N) is 2. The van der Waals surface area contributed by atoms with Gasteiger partial charge in [-0.15, -0.1) is 0 Å². The summed E-state index contributed by atoms with van der Waals surface area (Å²) >= 11 is 7.98. The standard InChI is InChI=1S/C15H21ClN2OS/c1-15(2,3)12-7-10(8-13(16)17-12)14(19)18(4)11-5-6-20-9-11/h7-8,11H,5-6,9H2,1-4H3. The largest absolute Gasteiger partial charge is 0.338 e. The van der Waals surface area contributed by atoms with Crippen LogP contribution in [-0.4, -0.2) is 40.4 Å². The first kappa shape index (κ1) is 15.6. The van der Waals surface area contributed by atoms with E-state index in [-0.39, 0.29) is 11.3 Å². The average Bonchev–Trinajstić information content (AvgIpc) is 2.89. The molecule has 0 radical (unpaired) electrons. The minimum atomic E-state index is -0.123. The second-order valence-electron chi connectivity index (χ2n) is 6.25. The van der Waals surface area contributed by atoms with E-state index in [9.17, 15) is 4.79 Å². The molecule has 1 saturated heterocycles. The second-order valence-corrected chi connectivity index (χ2v) is 7.78. The SMILES string of the molecule is CN(C(=O)c1cc(Cl)nc(C(C)(C)C)c1)C1CCSC1. The molecule has 1 atom stereocenters. The van der Waals surface area contributed by atoms with E-state index in [1.807, 2.05) is 29.8 Å². The molecule has 0 aliphatic carbocycles. The summed E-state index contributed by atoms with van der Waals surface area (Å²) in [6.45, 7) is 6.20. The summed E-state index contributed by atoms with van der Waals surface area (Å²) in [6, 6.07) is 3.86. The predicted octanol–water partition coefficient (Wildman–Crippen LogP) is 3.61. The van der Waals surface area contributed by atoms with Gasteiger partial charge in [-0.2, -0.15) is 11.8 Å². The van der Waals surface area contributed by atoms with Crippen molar-refractivity contribution in [1.82, 2.24) is 9.88 Å². The summed E-state index contributed by atoms with van der Waals surface area (Å²) in [5.74, 6) is 2.19. The molecule has 1 aromatic heterocycles. The second kappa shape index (κ2) is 5.94.